The first-order valence-corrected chi connectivity index (χ1v) is 7.09. The molecule has 0 aliphatic rings. The van der Waals surface area contributed by atoms with Crippen LogP contribution < -0.4 is 10.6 Å². The third-order valence-electron chi connectivity index (χ3n) is 3.30. The quantitative estimate of drug-likeness (QED) is 0.713. The Kier molecular flexibility index (Phi) is 6.68. The third-order valence-corrected chi connectivity index (χ3v) is 3.30. The Morgan fingerprint density at radius 2 is 1.90 bits per heavy atom. The van der Waals surface area contributed by atoms with Gasteiger partial charge >= 0.3 is 0 Å². The molecule has 1 aromatic rings. The maximum Gasteiger partial charge on any atom is 0.234 e. The van der Waals surface area contributed by atoms with Crippen molar-refractivity contribution in [2.45, 2.75) is 32.7 Å². The standard InChI is InChI=1S/C16H26N2O2/c1-5-13-6-8-14(9-7-13)16(2,3)18-15(19)12-17-10-11-20-4/h6-9,17H,5,10-12H2,1-4H3,(H,18,19). The zero-order chi connectivity index (χ0) is 15.0. The first-order valence-electron chi connectivity index (χ1n) is 7.09. The van der Waals surface area contributed by atoms with E-state index in [0.717, 1.165) is 12.0 Å². The second kappa shape index (κ2) is 8.02. The number of benzene rings is 1. The van der Waals surface area contributed by atoms with Crippen molar-refractivity contribution in [3.63, 3.8) is 0 Å². The van der Waals surface area contributed by atoms with Crippen LogP contribution in [0.4, 0.5) is 0 Å². The van der Waals surface area contributed by atoms with Crippen LogP contribution in [0.1, 0.15) is 31.9 Å². The van der Waals surface area contributed by atoms with Gasteiger partial charge in [0, 0.05) is 13.7 Å². The number of hydrogen-bond donors (Lipinski definition) is 2. The SMILES string of the molecule is CCc1ccc(C(C)(C)NC(=O)CNCCOC)cc1. The van der Waals surface area contributed by atoms with Crippen molar-refractivity contribution in [3.8, 4) is 0 Å². The topological polar surface area (TPSA) is 50.4 Å². The third kappa shape index (κ3) is 5.31. The van der Waals surface area contributed by atoms with E-state index in [1.54, 1.807) is 7.11 Å². The Bertz CT molecular complexity index is 413. The van der Waals surface area contributed by atoms with Crippen molar-refractivity contribution < 1.29 is 9.53 Å². The van der Waals surface area contributed by atoms with Crippen molar-refractivity contribution in [1.29, 1.82) is 0 Å². The molecule has 4 nitrogen and oxygen atoms in total. The highest BCUT2D eigenvalue weighted by Crippen LogP contribution is 2.20. The van der Waals surface area contributed by atoms with E-state index in [-0.39, 0.29) is 11.4 Å². The van der Waals surface area contributed by atoms with E-state index in [1.165, 1.54) is 5.56 Å². The molecule has 0 atom stereocenters. The van der Waals surface area contributed by atoms with Gasteiger partial charge in [0.2, 0.25) is 5.91 Å². The number of amides is 1. The zero-order valence-corrected chi connectivity index (χ0v) is 13.0. The van der Waals surface area contributed by atoms with Gasteiger partial charge in [-0.1, -0.05) is 31.2 Å². The number of carbonyl (C=O) groups is 1. The van der Waals surface area contributed by atoms with Crippen LogP contribution in [0.3, 0.4) is 0 Å². The van der Waals surface area contributed by atoms with Crippen molar-refractivity contribution in [2.24, 2.45) is 0 Å². The number of carbonyl (C=O) groups excluding carboxylic acids is 1. The minimum absolute atomic E-state index is 0.00864. The van der Waals surface area contributed by atoms with E-state index in [2.05, 4.69) is 41.8 Å². The summed E-state index contributed by atoms with van der Waals surface area (Å²) in [5.74, 6) is -0.00864. The van der Waals surface area contributed by atoms with Crippen LogP contribution in [-0.2, 0) is 21.5 Å². The molecule has 0 fully saturated rings. The summed E-state index contributed by atoms with van der Waals surface area (Å²) in [5, 5.41) is 6.09. The second-order valence-electron chi connectivity index (χ2n) is 5.39. The number of rotatable bonds is 8. The molecule has 4 heteroatoms. The molecular formula is C16H26N2O2. The summed E-state index contributed by atoms with van der Waals surface area (Å²) in [7, 11) is 1.64. The van der Waals surface area contributed by atoms with Crippen LogP contribution in [0.2, 0.25) is 0 Å². The van der Waals surface area contributed by atoms with Crippen molar-refractivity contribution in [3.05, 3.63) is 35.4 Å². The predicted molar refractivity (Wildman–Crippen MR) is 81.7 cm³/mol. The normalized spacial score (nSPS) is 11.4. The molecule has 1 rings (SSSR count). The number of hydrogen-bond acceptors (Lipinski definition) is 3. The van der Waals surface area contributed by atoms with Gasteiger partial charge < -0.3 is 15.4 Å². The van der Waals surface area contributed by atoms with Gasteiger partial charge in [0.05, 0.1) is 18.7 Å². The smallest absolute Gasteiger partial charge is 0.234 e. The molecule has 0 radical (unpaired) electrons. The molecule has 2 N–H and O–H groups in total. The van der Waals surface area contributed by atoms with E-state index in [1.807, 2.05) is 13.8 Å². The Balaban J connectivity index is 2.52. The van der Waals surface area contributed by atoms with E-state index in [9.17, 15) is 4.79 Å². The molecule has 0 spiro atoms. The number of methoxy groups -OCH3 is 1. The van der Waals surface area contributed by atoms with Gasteiger partial charge in [-0.15, -0.1) is 0 Å². The van der Waals surface area contributed by atoms with Crippen molar-refractivity contribution >= 4 is 5.91 Å². The Morgan fingerprint density at radius 3 is 2.45 bits per heavy atom. The summed E-state index contributed by atoms with van der Waals surface area (Å²) in [6.07, 6.45) is 1.02. The lowest BCUT2D eigenvalue weighted by molar-refractivity contribution is -0.121. The molecule has 0 aromatic heterocycles. The number of ether oxygens (including phenoxy) is 1. The van der Waals surface area contributed by atoms with Gasteiger partial charge in [0.25, 0.3) is 0 Å². The van der Waals surface area contributed by atoms with Crippen LogP contribution >= 0.6 is 0 Å². The molecule has 0 aliphatic heterocycles. The van der Waals surface area contributed by atoms with E-state index >= 15 is 0 Å². The second-order valence-corrected chi connectivity index (χ2v) is 5.39. The summed E-state index contributed by atoms with van der Waals surface area (Å²) in [6, 6.07) is 8.38. The predicted octanol–water partition coefficient (Wildman–Crippen LogP) is 1.84. The first kappa shape index (κ1) is 16.7. The average molecular weight is 278 g/mol. The molecule has 1 aromatic carbocycles. The fourth-order valence-electron chi connectivity index (χ4n) is 2.00. The maximum atomic E-state index is 11.9. The highest BCUT2D eigenvalue weighted by Gasteiger charge is 2.22. The Hall–Kier alpha value is -1.39. The Labute approximate surface area is 121 Å². The van der Waals surface area contributed by atoms with Crippen molar-refractivity contribution in [1.82, 2.24) is 10.6 Å². The van der Waals surface area contributed by atoms with Crippen LogP contribution in [0, 0.1) is 0 Å². The molecule has 0 heterocycles. The molecule has 112 valence electrons. The summed E-state index contributed by atoms with van der Waals surface area (Å²) in [5.41, 5.74) is 2.05. The monoisotopic (exact) mass is 278 g/mol. The largest absolute Gasteiger partial charge is 0.383 e. The van der Waals surface area contributed by atoms with Gasteiger partial charge in [-0.2, -0.15) is 0 Å². The van der Waals surface area contributed by atoms with Gasteiger partial charge in [-0.05, 0) is 31.4 Å². The lowest BCUT2D eigenvalue weighted by Gasteiger charge is -2.27. The molecule has 0 unspecified atom stereocenters. The average Bonchev–Trinajstić information content (AvgIpc) is 2.43. The highest BCUT2D eigenvalue weighted by atomic mass is 16.5. The first-order chi connectivity index (χ1) is 9.49. The lowest BCUT2D eigenvalue weighted by atomic mass is 9.93. The molecule has 0 bridgehead atoms. The minimum Gasteiger partial charge on any atom is -0.383 e. The van der Waals surface area contributed by atoms with E-state index in [0.29, 0.717) is 19.7 Å². The minimum atomic E-state index is -0.369. The summed E-state index contributed by atoms with van der Waals surface area (Å²) in [6.45, 7) is 7.75. The molecular weight excluding hydrogens is 252 g/mol. The summed E-state index contributed by atoms with van der Waals surface area (Å²) < 4.78 is 4.92. The highest BCUT2D eigenvalue weighted by molar-refractivity contribution is 5.79. The molecule has 0 saturated heterocycles. The molecule has 20 heavy (non-hydrogen) atoms. The maximum absolute atomic E-state index is 11.9. The number of aryl methyl sites for hydroxylation is 1. The van der Waals surface area contributed by atoms with Gasteiger partial charge in [-0.25, -0.2) is 0 Å². The van der Waals surface area contributed by atoms with Crippen LogP contribution in [-0.4, -0.2) is 32.7 Å². The number of nitrogens with one attached hydrogen (secondary N) is 2. The zero-order valence-electron chi connectivity index (χ0n) is 13.0. The lowest BCUT2D eigenvalue weighted by Crippen LogP contribution is -2.45. The molecule has 0 saturated carbocycles. The summed E-state index contributed by atoms with van der Waals surface area (Å²) >= 11 is 0. The van der Waals surface area contributed by atoms with Crippen LogP contribution in [0.15, 0.2) is 24.3 Å². The molecule has 1 amide bonds. The fraction of sp³-hybridized carbons (Fsp3) is 0.562. The van der Waals surface area contributed by atoms with E-state index in [4.69, 9.17) is 4.74 Å². The van der Waals surface area contributed by atoms with E-state index < -0.39 is 0 Å². The van der Waals surface area contributed by atoms with Crippen LogP contribution in [0.5, 0.6) is 0 Å². The van der Waals surface area contributed by atoms with Gasteiger partial charge in [0.1, 0.15) is 0 Å². The summed E-state index contributed by atoms with van der Waals surface area (Å²) in [4.78, 5) is 11.9. The Morgan fingerprint density at radius 1 is 1.25 bits per heavy atom. The fourth-order valence-corrected chi connectivity index (χ4v) is 2.00. The van der Waals surface area contributed by atoms with Crippen LogP contribution in [0.25, 0.3) is 0 Å². The van der Waals surface area contributed by atoms with Crippen molar-refractivity contribution in [2.75, 3.05) is 26.8 Å². The molecule has 0 aliphatic carbocycles. The van der Waals surface area contributed by atoms with Gasteiger partial charge in [0.15, 0.2) is 0 Å². The van der Waals surface area contributed by atoms with Gasteiger partial charge in [-0.3, -0.25) is 4.79 Å².